The Balaban J connectivity index is 1.75. The zero-order valence-electron chi connectivity index (χ0n) is 13.5. The number of aryl methyl sites for hydroxylation is 1. The van der Waals surface area contributed by atoms with E-state index in [0.29, 0.717) is 18.5 Å². The van der Waals surface area contributed by atoms with Crippen molar-refractivity contribution in [3.05, 3.63) is 34.9 Å². The molecular weight excluding hydrogens is 372 g/mol. The number of benzene rings is 1. The minimum absolute atomic E-state index is 0.0955. The smallest absolute Gasteiger partial charge is 0.255 e. The molecule has 1 fully saturated rings. The van der Waals surface area contributed by atoms with Crippen molar-refractivity contribution in [1.82, 2.24) is 10.2 Å². The number of hydrogen-bond donors (Lipinski definition) is 1. The van der Waals surface area contributed by atoms with E-state index in [-0.39, 0.29) is 24.1 Å². The van der Waals surface area contributed by atoms with Crippen LogP contribution in [0.3, 0.4) is 0 Å². The number of imide groups is 1. The molecule has 2 aliphatic heterocycles. The molecular formula is C18H21BrN2O3. The fourth-order valence-electron chi connectivity index (χ4n) is 3.47. The summed E-state index contributed by atoms with van der Waals surface area (Å²) < 4.78 is 0. The van der Waals surface area contributed by atoms with Crippen molar-refractivity contribution in [3.63, 3.8) is 0 Å². The lowest BCUT2D eigenvalue weighted by molar-refractivity contribution is -0.136. The number of nitrogens with one attached hydrogen (secondary N) is 1. The summed E-state index contributed by atoms with van der Waals surface area (Å²) in [7, 11) is 0. The van der Waals surface area contributed by atoms with Crippen molar-refractivity contribution in [3.8, 4) is 0 Å². The molecule has 1 aromatic rings. The molecule has 0 aliphatic carbocycles. The molecule has 0 aromatic heterocycles. The van der Waals surface area contributed by atoms with Gasteiger partial charge in [0.15, 0.2) is 0 Å². The van der Waals surface area contributed by atoms with E-state index in [0.717, 1.165) is 36.6 Å². The van der Waals surface area contributed by atoms with Crippen LogP contribution in [-0.4, -0.2) is 34.0 Å². The summed E-state index contributed by atoms with van der Waals surface area (Å²) >= 11 is 3.44. The van der Waals surface area contributed by atoms with Crippen LogP contribution in [0.4, 0.5) is 0 Å². The largest absolute Gasteiger partial charge is 0.322 e. The Labute approximate surface area is 149 Å². The van der Waals surface area contributed by atoms with Gasteiger partial charge in [-0.2, -0.15) is 0 Å². The molecule has 1 N–H and O–H groups in total. The number of hydrogen-bond acceptors (Lipinski definition) is 3. The third-order valence-electron chi connectivity index (χ3n) is 4.76. The van der Waals surface area contributed by atoms with E-state index in [1.165, 1.54) is 5.56 Å². The number of alkyl halides is 1. The quantitative estimate of drug-likeness (QED) is 0.459. The van der Waals surface area contributed by atoms with Gasteiger partial charge in [0.2, 0.25) is 11.8 Å². The predicted octanol–water partition coefficient (Wildman–Crippen LogP) is 2.56. The number of piperidine rings is 1. The zero-order valence-corrected chi connectivity index (χ0v) is 15.1. The highest BCUT2D eigenvalue weighted by molar-refractivity contribution is 9.09. The molecule has 1 atom stereocenters. The van der Waals surface area contributed by atoms with Crippen LogP contribution in [0.15, 0.2) is 18.2 Å². The maximum absolute atomic E-state index is 12.7. The van der Waals surface area contributed by atoms with Crippen molar-refractivity contribution in [2.45, 2.75) is 51.1 Å². The third kappa shape index (κ3) is 3.38. The van der Waals surface area contributed by atoms with Gasteiger partial charge in [0.1, 0.15) is 6.04 Å². The molecule has 128 valence electrons. The maximum atomic E-state index is 12.7. The highest BCUT2D eigenvalue weighted by atomic mass is 79.9. The van der Waals surface area contributed by atoms with Gasteiger partial charge < -0.3 is 4.90 Å². The molecule has 0 radical (unpaired) electrons. The minimum Gasteiger partial charge on any atom is -0.322 e. The topological polar surface area (TPSA) is 66.5 Å². The monoisotopic (exact) mass is 392 g/mol. The maximum Gasteiger partial charge on any atom is 0.255 e. The zero-order chi connectivity index (χ0) is 17.1. The van der Waals surface area contributed by atoms with Gasteiger partial charge in [-0.15, -0.1) is 0 Å². The lowest BCUT2D eigenvalue weighted by Gasteiger charge is -2.29. The highest BCUT2D eigenvalue weighted by Gasteiger charge is 2.39. The summed E-state index contributed by atoms with van der Waals surface area (Å²) in [6.45, 7) is 0.467. The van der Waals surface area contributed by atoms with E-state index in [1.807, 2.05) is 12.1 Å². The number of unbranched alkanes of at least 4 members (excludes halogenated alkanes) is 2. The summed E-state index contributed by atoms with van der Waals surface area (Å²) in [5.41, 5.74) is 2.95. The van der Waals surface area contributed by atoms with E-state index in [2.05, 4.69) is 27.3 Å². The Morgan fingerprint density at radius 1 is 1.17 bits per heavy atom. The van der Waals surface area contributed by atoms with Crippen LogP contribution in [0.2, 0.25) is 0 Å². The van der Waals surface area contributed by atoms with Crippen molar-refractivity contribution in [2.24, 2.45) is 0 Å². The summed E-state index contributed by atoms with van der Waals surface area (Å²) in [5, 5.41) is 3.36. The third-order valence-corrected chi connectivity index (χ3v) is 5.32. The number of carbonyl (C=O) groups excluding carboxylic acids is 3. The Morgan fingerprint density at radius 3 is 2.75 bits per heavy atom. The van der Waals surface area contributed by atoms with Gasteiger partial charge in [0, 0.05) is 23.9 Å². The molecule has 3 rings (SSSR count). The van der Waals surface area contributed by atoms with Crippen LogP contribution in [-0.2, 0) is 22.6 Å². The Bertz CT molecular complexity index is 674. The van der Waals surface area contributed by atoms with Crippen LogP contribution in [0, 0.1) is 0 Å². The van der Waals surface area contributed by atoms with Crippen molar-refractivity contribution < 1.29 is 14.4 Å². The predicted molar refractivity (Wildman–Crippen MR) is 93.8 cm³/mol. The second-order valence-corrected chi connectivity index (χ2v) is 7.14. The molecule has 2 heterocycles. The second kappa shape index (κ2) is 7.47. The average molecular weight is 393 g/mol. The van der Waals surface area contributed by atoms with E-state index in [4.69, 9.17) is 0 Å². The lowest BCUT2D eigenvalue weighted by atomic mass is 9.98. The summed E-state index contributed by atoms with van der Waals surface area (Å²) in [4.78, 5) is 37.7. The van der Waals surface area contributed by atoms with Gasteiger partial charge in [-0.3, -0.25) is 19.7 Å². The van der Waals surface area contributed by atoms with Crippen molar-refractivity contribution in [1.29, 1.82) is 0 Å². The van der Waals surface area contributed by atoms with E-state index in [1.54, 1.807) is 4.90 Å². The number of rotatable bonds is 6. The fraction of sp³-hybridized carbons (Fsp3) is 0.500. The Hall–Kier alpha value is -1.69. The fourth-order valence-corrected chi connectivity index (χ4v) is 3.87. The van der Waals surface area contributed by atoms with Gasteiger partial charge in [-0.1, -0.05) is 34.5 Å². The molecule has 1 saturated heterocycles. The van der Waals surface area contributed by atoms with Crippen LogP contribution in [0.5, 0.6) is 0 Å². The molecule has 0 unspecified atom stereocenters. The Kier molecular flexibility index (Phi) is 5.33. The van der Waals surface area contributed by atoms with Gasteiger partial charge in [-0.05, 0) is 42.9 Å². The Morgan fingerprint density at radius 2 is 2.00 bits per heavy atom. The first-order valence-corrected chi connectivity index (χ1v) is 9.55. The van der Waals surface area contributed by atoms with E-state index >= 15 is 0 Å². The molecule has 1 aromatic carbocycles. The first kappa shape index (κ1) is 17.1. The van der Waals surface area contributed by atoms with Crippen LogP contribution in [0.25, 0.3) is 0 Å². The first-order valence-electron chi connectivity index (χ1n) is 8.43. The molecule has 0 spiro atoms. The van der Waals surface area contributed by atoms with Crippen molar-refractivity contribution in [2.75, 3.05) is 5.33 Å². The van der Waals surface area contributed by atoms with Crippen LogP contribution in [0.1, 0.15) is 53.6 Å². The van der Waals surface area contributed by atoms with Crippen molar-refractivity contribution >= 4 is 33.7 Å². The van der Waals surface area contributed by atoms with Gasteiger partial charge >= 0.3 is 0 Å². The minimum atomic E-state index is -0.538. The summed E-state index contributed by atoms with van der Waals surface area (Å²) in [6.07, 6.45) is 5.04. The SMILES string of the molecule is O=C1CC[C@H](N2Cc3c(CCCCCBr)cccc3C2=O)C(=O)N1. The summed E-state index contributed by atoms with van der Waals surface area (Å²) in [5.74, 6) is -0.707. The molecule has 24 heavy (non-hydrogen) atoms. The number of amides is 3. The van der Waals surface area contributed by atoms with Gasteiger partial charge in [-0.25, -0.2) is 0 Å². The van der Waals surface area contributed by atoms with E-state index in [9.17, 15) is 14.4 Å². The van der Waals surface area contributed by atoms with E-state index < -0.39 is 6.04 Å². The molecule has 2 aliphatic rings. The van der Waals surface area contributed by atoms with Gasteiger partial charge in [0.05, 0.1) is 0 Å². The molecule has 0 bridgehead atoms. The first-order chi connectivity index (χ1) is 11.6. The molecule has 3 amide bonds. The summed E-state index contributed by atoms with van der Waals surface area (Å²) in [6, 6.07) is 5.30. The van der Waals surface area contributed by atoms with Gasteiger partial charge in [0.25, 0.3) is 5.91 Å². The molecule has 6 heteroatoms. The number of fused-ring (bicyclic) bond motifs is 1. The molecule has 5 nitrogen and oxygen atoms in total. The number of carbonyl (C=O) groups is 3. The number of nitrogens with zero attached hydrogens (tertiary/aromatic N) is 1. The molecule has 0 saturated carbocycles. The second-order valence-electron chi connectivity index (χ2n) is 6.34. The number of halogens is 1. The standard InChI is InChI=1S/C18H21BrN2O3/c19-10-3-1-2-5-12-6-4-7-13-14(12)11-21(18(13)24)15-8-9-16(22)20-17(15)23/h4,6-7,15H,1-3,5,8-11H2,(H,20,22,23)/t15-/m0/s1. The lowest BCUT2D eigenvalue weighted by Crippen LogP contribution is -2.52. The van der Waals surface area contributed by atoms with Crippen LogP contribution < -0.4 is 5.32 Å². The highest BCUT2D eigenvalue weighted by Crippen LogP contribution is 2.30. The van der Waals surface area contributed by atoms with Crippen LogP contribution >= 0.6 is 15.9 Å². The normalized spacial score (nSPS) is 20.3. The average Bonchev–Trinajstić information content (AvgIpc) is 2.89.